The van der Waals surface area contributed by atoms with Crippen LogP contribution in [0.5, 0.6) is 0 Å². The molecule has 0 saturated heterocycles. The van der Waals surface area contributed by atoms with Crippen LogP contribution in [0.3, 0.4) is 0 Å². The summed E-state index contributed by atoms with van der Waals surface area (Å²) in [4.78, 5) is 24.8. The van der Waals surface area contributed by atoms with E-state index >= 15 is 0 Å². The molecule has 0 saturated carbocycles. The second kappa shape index (κ2) is 13.2. The summed E-state index contributed by atoms with van der Waals surface area (Å²) >= 11 is 0. The Morgan fingerprint density at radius 3 is 1.48 bits per heavy atom. The monoisotopic (exact) mass is 422 g/mol. The van der Waals surface area contributed by atoms with Crippen molar-refractivity contribution < 1.29 is 9.59 Å². The maximum absolute atomic E-state index is 12.5. The van der Waals surface area contributed by atoms with Gasteiger partial charge in [-0.3, -0.25) is 9.59 Å². The highest BCUT2D eigenvalue weighted by molar-refractivity contribution is 6.24. The molecule has 0 heterocycles. The van der Waals surface area contributed by atoms with Gasteiger partial charge in [0.25, 0.3) is 0 Å². The van der Waals surface area contributed by atoms with Gasteiger partial charge in [-0.1, -0.05) is 46.6 Å². The third kappa shape index (κ3) is 9.21. The zero-order chi connectivity index (χ0) is 23.6. The first-order valence-electron chi connectivity index (χ1n) is 11.6. The van der Waals surface area contributed by atoms with Crippen molar-refractivity contribution in [1.82, 2.24) is 0 Å². The van der Waals surface area contributed by atoms with Crippen molar-refractivity contribution in [2.24, 2.45) is 0 Å². The Kier molecular flexibility index (Phi) is 11.5. The Balaban J connectivity index is 2.48. The standard InChI is InChI=1S/C29H42O2/c1-20(2)12-9-13-21(3)14-10-15-22(4)16-11-17-23(5)18-19-27-26(8)28(30)24(6)25(7)29(27)31/h12,14,16,18H,9-11,13,15,17,19H2,1-8H3/b21-14+,22-16?,23-18+. The number of hydrogen-bond donors (Lipinski definition) is 0. The first-order chi connectivity index (χ1) is 14.5. The van der Waals surface area contributed by atoms with Crippen molar-refractivity contribution in [3.05, 3.63) is 68.9 Å². The van der Waals surface area contributed by atoms with Gasteiger partial charge in [0.05, 0.1) is 0 Å². The Bertz CT molecular complexity index is 862. The lowest BCUT2D eigenvalue weighted by atomic mass is 9.84. The fourth-order valence-electron chi connectivity index (χ4n) is 3.66. The van der Waals surface area contributed by atoms with Gasteiger partial charge < -0.3 is 0 Å². The van der Waals surface area contributed by atoms with Gasteiger partial charge in [0, 0.05) is 22.3 Å². The SMILES string of the molecule is CC(C)=CCC/C(C)=C/CCC(C)=CCC/C(C)=C/CC1=C(C)C(=O)C(C)=C(C)C1=O. The first kappa shape index (κ1) is 26.8. The van der Waals surface area contributed by atoms with E-state index in [9.17, 15) is 9.59 Å². The van der Waals surface area contributed by atoms with Gasteiger partial charge in [-0.15, -0.1) is 0 Å². The second-order valence-corrected chi connectivity index (χ2v) is 9.26. The molecule has 1 aliphatic carbocycles. The normalized spacial score (nSPS) is 16.5. The Hall–Kier alpha value is -2.22. The fourth-order valence-corrected chi connectivity index (χ4v) is 3.66. The summed E-state index contributed by atoms with van der Waals surface area (Å²) in [6, 6.07) is 0. The van der Waals surface area contributed by atoms with Crippen molar-refractivity contribution in [2.45, 2.75) is 100 Å². The molecule has 0 aromatic carbocycles. The van der Waals surface area contributed by atoms with Crippen LogP contribution in [0.4, 0.5) is 0 Å². The molecule has 0 aromatic rings. The number of hydrogen-bond acceptors (Lipinski definition) is 2. The third-order valence-corrected chi connectivity index (χ3v) is 6.12. The molecular weight excluding hydrogens is 380 g/mol. The molecular formula is C29H42O2. The van der Waals surface area contributed by atoms with E-state index in [1.807, 2.05) is 0 Å². The first-order valence-corrected chi connectivity index (χ1v) is 11.6. The summed E-state index contributed by atoms with van der Waals surface area (Å²) in [6.07, 6.45) is 16.2. The van der Waals surface area contributed by atoms with E-state index in [0.717, 1.165) is 38.5 Å². The number of allylic oxidation sites excluding steroid dienone is 12. The smallest absolute Gasteiger partial charge is 0.185 e. The molecule has 1 aliphatic rings. The highest BCUT2D eigenvalue weighted by Crippen LogP contribution is 2.27. The number of carbonyl (C=O) groups is 2. The zero-order valence-corrected chi connectivity index (χ0v) is 21.1. The van der Waals surface area contributed by atoms with Gasteiger partial charge in [-0.2, -0.15) is 0 Å². The van der Waals surface area contributed by atoms with Crippen molar-refractivity contribution >= 4 is 11.6 Å². The quantitative estimate of drug-likeness (QED) is 0.248. The van der Waals surface area contributed by atoms with Crippen molar-refractivity contribution in [3.63, 3.8) is 0 Å². The lowest BCUT2D eigenvalue weighted by molar-refractivity contribution is -0.116. The Morgan fingerprint density at radius 1 is 0.581 bits per heavy atom. The number of rotatable bonds is 11. The number of carbonyl (C=O) groups excluding carboxylic acids is 2. The third-order valence-electron chi connectivity index (χ3n) is 6.12. The number of Topliss-reactive ketones (excluding diaryl/α,β-unsaturated/α-hetero) is 2. The van der Waals surface area contributed by atoms with Crippen molar-refractivity contribution in [2.75, 3.05) is 0 Å². The maximum Gasteiger partial charge on any atom is 0.185 e. The molecule has 0 aromatic heterocycles. The summed E-state index contributed by atoms with van der Waals surface area (Å²) in [5.41, 5.74) is 8.02. The van der Waals surface area contributed by atoms with E-state index in [0.29, 0.717) is 28.7 Å². The molecule has 170 valence electrons. The molecule has 0 aliphatic heterocycles. The second-order valence-electron chi connectivity index (χ2n) is 9.26. The van der Waals surface area contributed by atoms with Gasteiger partial charge >= 0.3 is 0 Å². The summed E-state index contributed by atoms with van der Waals surface area (Å²) in [5.74, 6) is 0.0385. The molecule has 0 amide bonds. The number of ketones is 2. The van der Waals surface area contributed by atoms with E-state index in [-0.39, 0.29) is 11.6 Å². The zero-order valence-electron chi connectivity index (χ0n) is 21.1. The topological polar surface area (TPSA) is 34.1 Å². The van der Waals surface area contributed by atoms with Crippen molar-refractivity contribution in [1.29, 1.82) is 0 Å². The molecule has 0 unspecified atom stereocenters. The summed E-state index contributed by atoms with van der Waals surface area (Å²) in [5, 5.41) is 0. The molecule has 0 bridgehead atoms. The van der Waals surface area contributed by atoms with Crippen LogP contribution in [0.15, 0.2) is 68.9 Å². The van der Waals surface area contributed by atoms with E-state index in [4.69, 9.17) is 0 Å². The predicted molar refractivity (Wildman–Crippen MR) is 134 cm³/mol. The van der Waals surface area contributed by atoms with Gasteiger partial charge in [0.15, 0.2) is 11.6 Å². The minimum absolute atomic E-state index is 0.0120. The molecule has 1 rings (SSSR count). The minimum Gasteiger partial charge on any atom is -0.289 e. The van der Waals surface area contributed by atoms with Crippen molar-refractivity contribution in [3.8, 4) is 0 Å². The molecule has 0 atom stereocenters. The van der Waals surface area contributed by atoms with Gasteiger partial charge in [-0.25, -0.2) is 0 Å². The van der Waals surface area contributed by atoms with E-state index in [1.165, 1.54) is 22.3 Å². The van der Waals surface area contributed by atoms with Gasteiger partial charge in [0.1, 0.15) is 0 Å². The molecule has 0 fully saturated rings. The summed E-state index contributed by atoms with van der Waals surface area (Å²) < 4.78 is 0. The highest BCUT2D eigenvalue weighted by Gasteiger charge is 2.26. The predicted octanol–water partition coefficient (Wildman–Crippen LogP) is 8.33. The molecule has 2 heteroatoms. The van der Waals surface area contributed by atoms with Crippen LogP contribution in [-0.4, -0.2) is 11.6 Å². The van der Waals surface area contributed by atoms with Crippen LogP contribution < -0.4 is 0 Å². The average Bonchev–Trinajstić information content (AvgIpc) is 2.70. The van der Waals surface area contributed by atoms with E-state index in [1.54, 1.807) is 20.8 Å². The lowest BCUT2D eigenvalue weighted by Crippen LogP contribution is -2.20. The maximum atomic E-state index is 12.5. The van der Waals surface area contributed by atoms with E-state index < -0.39 is 0 Å². The molecule has 0 N–H and O–H groups in total. The van der Waals surface area contributed by atoms with Gasteiger partial charge in [-0.05, 0) is 100 Å². The Labute approximate surface area is 190 Å². The van der Waals surface area contributed by atoms with Crippen LogP contribution in [0.25, 0.3) is 0 Å². The van der Waals surface area contributed by atoms with Crippen LogP contribution >= 0.6 is 0 Å². The van der Waals surface area contributed by atoms with Crippen LogP contribution in [0.1, 0.15) is 100 Å². The van der Waals surface area contributed by atoms with E-state index in [2.05, 4.69) is 58.9 Å². The summed E-state index contributed by atoms with van der Waals surface area (Å²) in [7, 11) is 0. The van der Waals surface area contributed by atoms with Crippen LogP contribution in [-0.2, 0) is 9.59 Å². The summed E-state index contributed by atoms with van der Waals surface area (Å²) in [6.45, 7) is 16.1. The highest BCUT2D eigenvalue weighted by atomic mass is 16.1. The molecule has 0 spiro atoms. The van der Waals surface area contributed by atoms with Crippen LogP contribution in [0, 0.1) is 0 Å². The van der Waals surface area contributed by atoms with Crippen LogP contribution in [0.2, 0.25) is 0 Å². The largest absolute Gasteiger partial charge is 0.289 e. The molecule has 31 heavy (non-hydrogen) atoms. The molecule has 2 nitrogen and oxygen atoms in total. The lowest BCUT2D eigenvalue weighted by Gasteiger charge is -2.17. The average molecular weight is 423 g/mol. The fraction of sp³-hybridized carbons (Fsp3) is 0.517. The Morgan fingerprint density at radius 2 is 1.00 bits per heavy atom. The van der Waals surface area contributed by atoms with Gasteiger partial charge in [0.2, 0.25) is 0 Å². The minimum atomic E-state index is 0.0120. The molecule has 0 radical (unpaired) electrons.